The first-order valence-electron chi connectivity index (χ1n) is 6.35. The molecule has 2 rings (SSSR count). The lowest BCUT2D eigenvalue weighted by molar-refractivity contribution is 0.0743. The second-order valence-corrected chi connectivity index (χ2v) is 4.36. The van der Waals surface area contributed by atoms with Crippen molar-refractivity contribution < 1.29 is 9.90 Å². The summed E-state index contributed by atoms with van der Waals surface area (Å²) in [7, 11) is 1.79. The molecule has 6 heteroatoms. The van der Waals surface area contributed by atoms with Crippen LogP contribution in [0.3, 0.4) is 0 Å². The van der Waals surface area contributed by atoms with Gasteiger partial charge in [-0.2, -0.15) is 5.10 Å². The molecule has 0 aliphatic heterocycles. The molecule has 20 heavy (non-hydrogen) atoms. The molecule has 0 aliphatic rings. The van der Waals surface area contributed by atoms with Crippen LogP contribution in [0.4, 0.5) is 0 Å². The molecule has 0 spiro atoms. The van der Waals surface area contributed by atoms with Crippen molar-refractivity contribution in [3.8, 4) is 5.82 Å². The Bertz CT molecular complexity index is 586. The van der Waals surface area contributed by atoms with Crippen LogP contribution in [0.5, 0.6) is 0 Å². The van der Waals surface area contributed by atoms with Crippen LogP contribution >= 0.6 is 0 Å². The minimum atomic E-state index is -0.171. The summed E-state index contributed by atoms with van der Waals surface area (Å²) in [5, 5.41) is 13.2. The first kappa shape index (κ1) is 14.1. The summed E-state index contributed by atoms with van der Waals surface area (Å²) in [6.07, 6.45) is 6.90. The smallest absolute Gasteiger partial charge is 0.259 e. The molecule has 0 radical (unpaired) electrons. The Hall–Kier alpha value is -2.34. The molecule has 106 valence electrons. The van der Waals surface area contributed by atoms with Crippen LogP contribution in [-0.4, -0.2) is 50.0 Å². The van der Waals surface area contributed by atoms with Gasteiger partial charge < -0.3 is 14.6 Å². The number of hydrogen-bond acceptors (Lipinski definition) is 3. The number of aliphatic hydroxyl groups excluding tert-OH is 1. The molecule has 0 bridgehead atoms. The first-order chi connectivity index (χ1) is 9.69. The first-order valence-corrected chi connectivity index (χ1v) is 6.35. The van der Waals surface area contributed by atoms with Crippen molar-refractivity contribution in [3.05, 3.63) is 48.9 Å². The highest BCUT2D eigenvalue weighted by atomic mass is 16.3. The number of amides is 1. The lowest BCUT2D eigenvalue weighted by Crippen LogP contribution is -2.34. The number of nitrogens with zero attached hydrogens (tertiary/aromatic N) is 4. The van der Waals surface area contributed by atoms with E-state index in [1.165, 1.54) is 4.90 Å². The number of rotatable bonds is 6. The van der Waals surface area contributed by atoms with Crippen LogP contribution in [0.1, 0.15) is 10.4 Å². The van der Waals surface area contributed by atoms with E-state index in [9.17, 15) is 4.79 Å². The molecule has 0 unspecified atom stereocenters. The Kier molecular flexibility index (Phi) is 4.37. The molecule has 0 fully saturated rings. The lowest BCUT2D eigenvalue weighted by atomic mass is 10.2. The van der Waals surface area contributed by atoms with Gasteiger partial charge in [0.2, 0.25) is 0 Å². The van der Waals surface area contributed by atoms with Crippen molar-refractivity contribution >= 4 is 5.91 Å². The number of carbonyl (C=O) groups is 1. The molecular weight excluding hydrogens is 256 g/mol. The maximum Gasteiger partial charge on any atom is 0.259 e. The summed E-state index contributed by atoms with van der Waals surface area (Å²) in [5.41, 5.74) is 0.499. The van der Waals surface area contributed by atoms with Crippen LogP contribution < -0.4 is 0 Å². The third kappa shape index (κ3) is 2.65. The molecule has 6 nitrogen and oxygen atoms in total. The van der Waals surface area contributed by atoms with Gasteiger partial charge in [0, 0.05) is 32.5 Å². The summed E-state index contributed by atoms with van der Waals surface area (Å²) in [4.78, 5) is 14.1. The number of aromatic nitrogens is 3. The molecule has 2 heterocycles. The van der Waals surface area contributed by atoms with Crippen molar-refractivity contribution in [2.24, 2.45) is 7.05 Å². The minimum absolute atomic E-state index is 0.0846. The van der Waals surface area contributed by atoms with E-state index in [1.807, 2.05) is 29.1 Å². The number of hydrogen-bond donors (Lipinski definition) is 1. The molecule has 1 amide bonds. The standard InChI is InChI=1S/C14H18N4O2/c1-3-6-18(9-10-19)14(20)12-11-15-16(2)13(12)17-7-4-5-8-17/h3-5,7-8,11,19H,1,6,9-10H2,2H3. The Morgan fingerprint density at radius 2 is 2.20 bits per heavy atom. The zero-order chi connectivity index (χ0) is 14.5. The second-order valence-electron chi connectivity index (χ2n) is 4.36. The summed E-state index contributed by atoms with van der Waals surface area (Å²) in [5.74, 6) is 0.530. The van der Waals surface area contributed by atoms with E-state index in [0.29, 0.717) is 17.9 Å². The molecule has 0 aliphatic carbocycles. The molecule has 1 N–H and O–H groups in total. The molecule has 0 saturated heterocycles. The Morgan fingerprint density at radius 1 is 1.50 bits per heavy atom. The SMILES string of the molecule is C=CCN(CCO)C(=O)c1cnn(C)c1-n1cccc1. The van der Waals surface area contributed by atoms with Crippen molar-refractivity contribution in [3.63, 3.8) is 0 Å². The van der Waals surface area contributed by atoms with Gasteiger partial charge in [-0.25, -0.2) is 0 Å². The predicted octanol–water partition coefficient (Wildman–Crippen LogP) is 0.831. The van der Waals surface area contributed by atoms with Crippen LogP contribution in [0.15, 0.2) is 43.4 Å². The highest BCUT2D eigenvalue weighted by Crippen LogP contribution is 2.16. The van der Waals surface area contributed by atoms with Crippen molar-refractivity contribution in [1.82, 2.24) is 19.2 Å². The number of carbonyl (C=O) groups excluding carboxylic acids is 1. The maximum atomic E-state index is 12.6. The average Bonchev–Trinajstić information content (AvgIpc) is 3.06. The van der Waals surface area contributed by atoms with Crippen LogP contribution in [0.2, 0.25) is 0 Å². The van der Waals surface area contributed by atoms with Gasteiger partial charge in [-0.15, -0.1) is 6.58 Å². The largest absolute Gasteiger partial charge is 0.395 e. The summed E-state index contributed by atoms with van der Waals surface area (Å²) in [6, 6.07) is 3.77. The monoisotopic (exact) mass is 274 g/mol. The topological polar surface area (TPSA) is 63.3 Å². The van der Waals surface area contributed by atoms with Gasteiger partial charge in [0.1, 0.15) is 11.4 Å². The van der Waals surface area contributed by atoms with Gasteiger partial charge >= 0.3 is 0 Å². The predicted molar refractivity (Wildman–Crippen MR) is 75.7 cm³/mol. The quantitative estimate of drug-likeness (QED) is 0.794. The Labute approximate surface area is 117 Å². The summed E-state index contributed by atoms with van der Waals surface area (Å²) >= 11 is 0. The van der Waals surface area contributed by atoms with E-state index in [2.05, 4.69) is 11.7 Å². The fraction of sp³-hybridized carbons (Fsp3) is 0.286. The van der Waals surface area contributed by atoms with Crippen LogP contribution in [-0.2, 0) is 7.05 Å². The van der Waals surface area contributed by atoms with E-state index < -0.39 is 0 Å². The van der Waals surface area contributed by atoms with E-state index in [0.717, 1.165) is 0 Å². The van der Waals surface area contributed by atoms with Gasteiger partial charge in [0.15, 0.2) is 0 Å². The third-order valence-corrected chi connectivity index (χ3v) is 2.99. The highest BCUT2D eigenvalue weighted by Gasteiger charge is 2.21. The average molecular weight is 274 g/mol. The second kappa shape index (κ2) is 6.21. The summed E-state index contributed by atoms with van der Waals surface area (Å²) in [6.45, 7) is 4.21. The zero-order valence-corrected chi connectivity index (χ0v) is 11.4. The van der Waals surface area contributed by atoms with Gasteiger partial charge in [-0.3, -0.25) is 9.48 Å². The zero-order valence-electron chi connectivity index (χ0n) is 11.4. The van der Waals surface area contributed by atoms with E-state index in [4.69, 9.17) is 5.11 Å². The normalized spacial score (nSPS) is 10.5. The fourth-order valence-electron chi connectivity index (χ4n) is 2.09. The Balaban J connectivity index is 2.37. The van der Waals surface area contributed by atoms with Gasteiger partial charge in [0.25, 0.3) is 5.91 Å². The van der Waals surface area contributed by atoms with Crippen molar-refractivity contribution in [2.45, 2.75) is 0 Å². The highest BCUT2D eigenvalue weighted by molar-refractivity contribution is 5.97. The Morgan fingerprint density at radius 3 is 2.80 bits per heavy atom. The van der Waals surface area contributed by atoms with Gasteiger partial charge in [0.05, 0.1) is 12.8 Å². The van der Waals surface area contributed by atoms with Crippen LogP contribution in [0, 0.1) is 0 Å². The van der Waals surface area contributed by atoms with E-state index in [1.54, 1.807) is 24.0 Å². The van der Waals surface area contributed by atoms with Gasteiger partial charge in [-0.1, -0.05) is 6.08 Å². The fourth-order valence-corrected chi connectivity index (χ4v) is 2.09. The molecule has 0 atom stereocenters. The minimum Gasteiger partial charge on any atom is -0.395 e. The lowest BCUT2D eigenvalue weighted by Gasteiger charge is -2.20. The molecule has 0 saturated carbocycles. The third-order valence-electron chi connectivity index (χ3n) is 2.99. The van der Waals surface area contributed by atoms with Crippen LogP contribution in [0.25, 0.3) is 5.82 Å². The van der Waals surface area contributed by atoms with E-state index >= 15 is 0 Å². The number of aliphatic hydroxyl groups is 1. The number of aryl methyl sites for hydroxylation is 1. The van der Waals surface area contributed by atoms with E-state index in [-0.39, 0.29) is 19.1 Å². The van der Waals surface area contributed by atoms with Gasteiger partial charge in [-0.05, 0) is 12.1 Å². The summed E-state index contributed by atoms with van der Waals surface area (Å²) < 4.78 is 3.49. The maximum absolute atomic E-state index is 12.6. The molecule has 2 aromatic heterocycles. The van der Waals surface area contributed by atoms with Crippen molar-refractivity contribution in [1.29, 1.82) is 0 Å². The molecular formula is C14H18N4O2. The van der Waals surface area contributed by atoms with Crippen molar-refractivity contribution in [2.75, 3.05) is 19.7 Å². The molecule has 0 aromatic carbocycles. The molecule has 2 aromatic rings.